The van der Waals surface area contributed by atoms with Crippen LogP contribution in [-0.2, 0) is 20.8 Å². The lowest BCUT2D eigenvalue weighted by molar-refractivity contribution is -0.149. The third-order valence-electron chi connectivity index (χ3n) is 8.24. The van der Waals surface area contributed by atoms with E-state index >= 15 is 0 Å². The summed E-state index contributed by atoms with van der Waals surface area (Å²) in [5.74, 6) is 0.543. The van der Waals surface area contributed by atoms with E-state index < -0.39 is 12.1 Å². The van der Waals surface area contributed by atoms with Gasteiger partial charge in [0.15, 0.2) is 5.78 Å². The Balaban J connectivity index is 1.28. The molecule has 0 aliphatic carbocycles. The standard InChI is InChI=1S/C31H39N3O4/c35-29(23-38-25-14-6-2-7-15-25)26-16-10-20-33(26)30(36)27-17-11-21-34(27)31(37)28(32-18-8-3-9-19-32)22-24-12-4-1-5-13-24/h1-2,4-7,12-15,26-28H,3,8-11,16-23H2/t26-,27-,28-/m0/s1. The molecule has 0 N–H and O–H groups in total. The second kappa shape index (κ2) is 12.6. The van der Waals surface area contributed by atoms with Crippen LogP contribution in [0, 0.1) is 0 Å². The Hall–Kier alpha value is -3.19. The summed E-state index contributed by atoms with van der Waals surface area (Å²) in [7, 11) is 0. The molecule has 3 saturated heterocycles. The summed E-state index contributed by atoms with van der Waals surface area (Å²) in [5, 5.41) is 0. The summed E-state index contributed by atoms with van der Waals surface area (Å²) in [6.45, 7) is 2.93. The van der Waals surface area contributed by atoms with Crippen molar-refractivity contribution in [1.29, 1.82) is 0 Å². The van der Waals surface area contributed by atoms with Crippen molar-refractivity contribution in [2.45, 2.75) is 69.5 Å². The quantitative estimate of drug-likeness (QED) is 0.507. The normalized spacial score (nSPS) is 22.8. The van der Waals surface area contributed by atoms with Crippen LogP contribution in [0.1, 0.15) is 50.5 Å². The number of Topliss-reactive ketones (excluding diaryl/α,β-unsaturated/α-hetero) is 1. The molecule has 3 aliphatic heterocycles. The molecule has 38 heavy (non-hydrogen) atoms. The first-order valence-corrected chi connectivity index (χ1v) is 14.2. The van der Waals surface area contributed by atoms with Crippen molar-refractivity contribution >= 4 is 17.6 Å². The summed E-state index contributed by atoms with van der Waals surface area (Å²) in [5.41, 5.74) is 1.14. The molecule has 3 atom stereocenters. The molecule has 3 fully saturated rings. The minimum Gasteiger partial charge on any atom is -0.486 e. The van der Waals surface area contributed by atoms with Gasteiger partial charge in [0.2, 0.25) is 11.8 Å². The van der Waals surface area contributed by atoms with Crippen LogP contribution in [0.5, 0.6) is 5.75 Å². The molecule has 7 nitrogen and oxygen atoms in total. The number of carbonyl (C=O) groups excluding carboxylic acids is 3. The zero-order chi connectivity index (χ0) is 26.3. The van der Waals surface area contributed by atoms with E-state index in [-0.39, 0.29) is 30.2 Å². The van der Waals surface area contributed by atoms with E-state index in [4.69, 9.17) is 4.74 Å². The van der Waals surface area contributed by atoms with Crippen molar-refractivity contribution in [2.24, 2.45) is 0 Å². The number of hydrogen-bond acceptors (Lipinski definition) is 5. The van der Waals surface area contributed by atoms with Crippen LogP contribution in [0.2, 0.25) is 0 Å². The highest BCUT2D eigenvalue weighted by atomic mass is 16.5. The lowest BCUT2D eigenvalue weighted by Crippen LogP contribution is -2.56. The van der Waals surface area contributed by atoms with Crippen LogP contribution in [0.4, 0.5) is 0 Å². The zero-order valence-corrected chi connectivity index (χ0v) is 22.2. The number of rotatable bonds is 9. The van der Waals surface area contributed by atoms with E-state index in [1.165, 1.54) is 6.42 Å². The first-order chi connectivity index (χ1) is 18.6. The van der Waals surface area contributed by atoms with Crippen LogP contribution in [0.15, 0.2) is 60.7 Å². The Kier molecular flexibility index (Phi) is 8.74. The van der Waals surface area contributed by atoms with Crippen LogP contribution < -0.4 is 4.74 Å². The molecule has 2 aromatic rings. The maximum absolute atomic E-state index is 14.1. The van der Waals surface area contributed by atoms with Crippen LogP contribution >= 0.6 is 0 Å². The van der Waals surface area contributed by atoms with Crippen LogP contribution in [-0.4, -0.2) is 83.2 Å². The van der Waals surface area contributed by atoms with Crippen LogP contribution in [0.3, 0.4) is 0 Å². The fourth-order valence-electron chi connectivity index (χ4n) is 6.24. The van der Waals surface area contributed by atoms with E-state index in [9.17, 15) is 14.4 Å². The molecule has 0 radical (unpaired) electrons. The molecule has 0 saturated carbocycles. The van der Waals surface area contributed by atoms with E-state index in [0.29, 0.717) is 38.1 Å². The van der Waals surface area contributed by atoms with Gasteiger partial charge < -0.3 is 14.5 Å². The molecule has 202 valence electrons. The highest BCUT2D eigenvalue weighted by Crippen LogP contribution is 2.28. The number of carbonyl (C=O) groups is 3. The Morgan fingerprint density at radius 1 is 0.737 bits per heavy atom. The van der Waals surface area contributed by atoms with Gasteiger partial charge in [0.05, 0.1) is 12.1 Å². The van der Waals surface area contributed by atoms with Crippen molar-refractivity contribution in [2.75, 3.05) is 32.8 Å². The van der Waals surface area contributed by atoms with Gasteiger partial charge in [-0.15, -0.1) is 0 Å². The van der Waals surface area contributed by atoms with Gasteiger partial charge in [0.1, 0.15) is 18.4 Å². The molecule has 0 spiro atoms. The Bertz CT molecular complexity index is 1090. The van der Waals surface area contributed by atoms with Crippen molar-refractivity contribution < 1.29 is 19.1 Å². The average molecular weight is 518 g/mol. The van der Waals surface area contributed by atoms with Gasteiger partial charge in [0, 0.05) is 13.1 Å². The number of para-hydroxylation sites is 1. The number of likely N-dealkylation sites (tertiary alicyclic amines) is 3. The Morgan fingerprint density at radius 3 is 2.08 bits per heavy atom. The van der Waals surface area contributed by atoms with Crippen molar-refractivity contribution in [3.63, 3.8) is 0 Å². The minimum atomic E-state index is -0.492. The second-order valence-corrected chi connectivity index (χ2v) is 10.7. The molecular formula is C31H39N3O4. The molecule has 3 heterocycles. The van der Waals surface area contributed by atoms with E-state index in [0.717, 1.165) is 44.3 Å². The predicted octanol–water partition coefficient (Wildman–Crippen LogP) is 3.71. The predicted molar refractivity (Wildman–Crippen MR) is 146 cm³/mol. The largest absolute Gasteiger partial charge is 0.486 e. The summed E-state index contributed by atoms with van der Waals surface area (Å²) in [4.78, 5) is 46.9. The topological polar surface area (TPSA) is 70.2 Å². The molecule has 2 aromatic carbocycles. The lowest BCUT2D eigenvalue weighted by Gasteiger charge is -2.38. The Labute approximate surface area is 225 Å². The first-order valence-electron chi connectivity index (χ1n) is 14.2. The molecule has 2 amide bonds. The monoisotopic (exact) mass is 517 g/mol. The molecule has 7 heteroatoms. The number of amides is 2. The molecule has 3 aliphatic rings. The fraction of sp³-hybridized carbons (Fsp3) is 0.516. The summed E-state index contributed by atoms with van der Waals surface area (Å²) in [6.07, 6.45) is 6.95. The second-order valence-electron chi connectivity index (χ2n) is 10.7. The number of ether oxygens (including phenoxy) is 1. The highest BCUT2D eigenvalue weighted by molar-refractivity contribution is 5.95. The van der Waals surface area contributed by atoms with Crippen LogP contribution in [0.25, 0.3) is 0 Å². The van der Waals surface area contributed by atoms with Gasteiger partial charge in [0.25, 0.3) is 0 Å². The van der Waals surface area contributed by atoms with Crippen molar-refractivity contribution in [3.05, 3.63) is 66.2 Å². The molecule has 0 bridgehead atoms. The molecule has 0 aromatic heterocycles. The number of hydrogen-bond donors (Lipinski definition) is 0. The number of piperidine rings is 1. The highest BCUT2D eigenvalue weighted by Gasteiger charge is 2.44. The van der Waals surface area contributed by atoms with Crippen molar-refractivity contribution in [3.8, 4) is 5.75 Å². The van der Waals surface area contributed by atoms with E-state index in [1.54, 1.807) is 4.90 Å². The maximum Gasteiger partial charge on any atom is 0.245 e. The third kappa shape index (κ3) is 6.09. The molecule has 5 rings (SSSR count). The van der Waals surface area contributed by atoms with Gasteiger partial charge in [-0.25, -0.2) is 0 Å². The van der Waals surface area contributed by atoms with E-state index in [1.807, 2.05) is 53.4 Å². The molecule has 0 unspecified atom stereocenters. The summed E-state index contributed by atoms with van der Waals surface area (Å²) in [6, 6.07) is 18.2. The Morgan fingerprint density at radius 2 is 1.37 bits per heavy atom. The maximum atomic E-state index is 14.1. The fourth-order valence-corrected chi connectivity index (χ4v) is 6.24. The SMILES string of the molecule is O=C(COc1ccccc1)[C@@H]1CCCN1C(=O)[C@@H]1CCCN1C(=O)[C@H](Cc1ccccc1)N1CCCCC1. The van der Waals surface area contributed by atoms with Gasteiger partial charge in [-0.2, -0.15) is 0 Å². The smallest absolute Gasteiger partial charge is 0.245 e. The first kappa shape index (κ1) is 26.4. The van der Waals surface area contributed by atoms with Gasteiger partial charge >= 0.3 is 0 Å². The third-order valence-corrected chi connectivity index (χ3v) is 8.24. The van der Waals surface area contributed by atoms with Gasteiger partial charge in [-0.05, 0) is 75.7 Å². The minimum absolute atomic E-state index is 0.0557. The van der Waals surface area contributed by atoms with Gasteiger partial charge in [-0.3, -0.25) is 19.3 Å². The number of benzene rings is 2. The number of nitrogens with zero attached hydrogens (tertiary/aromatic N) is 3. The number of ketones is 1. The van der Waals surface area contributed by atoms with Crippen molar-refractivity contribution in [1.82, 2.24) is 14.7 Å². The lowest BCUT2D eigenvalue weighted by atomic mass is 10.00. The molecular weight excluding hydrogens is 478 g/mol. The van der Waals surface area contributed by atoms with E-state index in [2.05, 4.69) is 17.0 Å². The summed E-state index contributed by atoms with van der Waals surface area (Å²) < 4.78 is 5.69. The average Bonchev–Trinajstić information content (AvgIpc) is 3.66. The summed E-state index contributed by atoms with van der Waals surface area (Å²) >= 11 is 0. The van der Waals surface area contributed by atoms with Gasteiger partial charge in [-0.1, -0.05) is 55.0 Å². The zero-order valence-electron chi connectivity index (χ0n) is 22.2.